The number of aromatic nitrogens is 4. The van der Waals surface area contributed by atoms with Crippen LogP contribution in [0.15, 0.2) is 47.5 Å². The molecule has 2 aliphatic rings. The highest BCUT2D eigenvalue weighted by Gasteiger charge is 2.23. The van der Waals surface area contributed by atoms with Gasteiger partial charge < -0.3 is 15.2 Å². The maximum atomic E-state index is 13.0. The van der Waals surface area contributed by atoms with E-state index in [2.05, 4.69) is 50.6 Å². The van der Waals surface area contributed by atoms with Crippen LogP contribution in [0.25, 0.3) is 21.9 Å². The molecule has 0 amide bonds. The molecule has 1 saturated carbocycles. The van der Waals surface area contributed by atoms with Crippen molar-refractivity contribution in [1.29, 1.82) is 5.26 Å². The van der Waals surface area contributed by atoms with Crippen molar-refractivity contribution in [3.8, 4) is 6.07 Å². The van der Waals surface area contributed by atoms with Gasteiger partial charge in [0.15, 0.2) is 0 Å². The maximum absolute atomic E-state index is 13.0. The van der Waals surface area contributed by atoms with Gasteiger partial charge in [0, 0.05) is 46.5 Å². The molecule has 6 rings (SSSR count). The minimum atomic E-state index is -0.257. The van der Waals surface area contributed by atoms with Crippen LogP contribution in [0, 0.1) is 11.3 Å². The second-order valence-electron chi connectivity index (χ2n) is 9.36. The van der Waals surface area contributed by atoms with Gasteiger partial charge >= 0.3 is 0 Å². The molecule has 0 atom stereocenters. The third kappa shape index (κ3) is 3.62. The molecular formula is C26H27N7O. The fraction of sp³-hybridized carbons (Fsp3) is 0.385. The second-order valence-corrected chi connectivity index (χ2v) is 9.36. The summed E-state index contributed by atoms with van der Waals surface area (Å²) >= 11 is 0. The van der Waals surface area contributed by atoms with Crippen molar-refractivity contribution in [2.75, 3.05) is 18.4 Å². The molecule has 0 spiro atoms. The predicted octanol–water partition coefficient (Wildman–Crippen LogP) is 4.40. The molecule has 0 unspecified atom stereocenters. The summed E-state index contributed by atoms with van der Waals surface area (Å²) < 4.78 is 4.11. The van der Waals surface area contributed by atoms with Crippen molar-refractivity contribution >= 4 is 33.6 Å². The van der Waals surface area contributed by atoms with Crippen LogP contribution in [0.2, 0.25) is 0 Å². The SMILES string of the molecule is N#Cc1cc2cnc(Nc3ccc4c(ccn4C4CCNCC4)c3)nc2n(C2CCCC2)c1=O. The minimum absolute atomic E-state index is 0.0807. The zero-order valence-electron chi connectivity index (χ0n) is 19.0. The van der Waals surface area contributed by atoms with Gasteiger partial charge in [0.05, 0.1) is 0 Å². The van der Waals surface area contributed by atoms with E-state index in [0.29, 0.717) is 23.0 Å². The quantitative estimate of drug-likeness (QED) is 0.475. The molecule has 1 aromatic carbocycles. The van der Waals surface area contributed by atoms with E-state index >= 15 is 0 Å². The van der Waals surface area contributed by atoms with E-state index in [-0.39, 0.29) is 17.2 Å². The van der Waals surface area contributed by atoms with Crippen LogP contribution in [0.1, 0.15) is 56.2 Å². The molecule has 172 valence electrons. The third-order valence-electron chi connectivity index (χ3n) is 7.26. The minimum Gasteiger partial charge on any atom is -0.344 e. The average molecular weight is 454 g/mol. The van der Waals surface area contributed by atoms with Crippen molar-refractivity contribution in [2.45, 2.75) is 50.6 Å². The number of hydrogen-bond acceptors (Lipinski definition) is 6. The summed E-state index contributed by atoms with van der Waals surface area (Å²) in [5, 5.41) is 18.1. The van der Waals surface area contributed by atoms with Crippen LogP contribution in [0.3, 0.4) is 0 Å². The van der Waals surface area contributed by atoms with Crippen molar-refractivity contribution in [3.63, 3.8) is 0 Å². The summed E-state index contributed by atoms with van der Waals surface area (Å²) in [4.78, 5) is 22.2. The van der Waals surface area contributed by atoms with E-state index in [0.717, 1.165) is 57.3 Å². The zero-order valence-corrected chi connectivity index (χ0v) is 19.0. The number of anilines is 2. The Morgan fingerprint density at radius 3 is 2.65 bits per heavy atom. The van der Waals surface area contributed by atoms with E-state index in [9.17, 15) is 10.1 Å². The molecule has 1 aliphatic carbocycles. The maximum Gasteiger partial charge on any atom is 0.270 e. The lowest BCUT2D eigenvalue weighted by Gasteiger charge is -2.25. The molecule has 0 radical (unpaired) electrons. The number of fused-ring (bicyclic) bond motifs is 2. The van der Waals surface area contributed by atoms with Crippen LogP contribution in [-0.4, -0.2) is 32.2 Å². The number of hydrogen-bond donors (Lipinski definition) is 2. The normalized spacial score (nSPS) is 17.4. The van der Waals surface area contributed by atoms with Crippen LogP contribution in [0.5, 0.6) is 0 Å². The highest BCUT2D eigenvalue weighted by Crippen LogP contribution is 2.31. The first-order chi connectivity index (χ1) is 16.7. The van der Waals surface area contributed by atoms with Gasteiger partial charge in [-0.2, -0.15) is 10.2 Å². The van der Waals surface area contributed by atoms with Gasteiger partial charge in [-0.05, 0) is 69.1 Å². The van der Waals surface area contributed by atoms with Crippen LogP contribution in [0.4, 0.5) is 11.6 Å². The lowest BCUT2D eigenvalue weighted by Crippen LogP contribution is -2.29. The molecule has 4 heterocycles. The number of pyridine rings is 1. The summed E-state index contributed by atoms with van der Waals surface area (Å²) in [5.74, 6) is 0.445. The van der Waals surface area contributed by atoms with Crippen molar-refractivity contribution in [3.05, 3.63) is 58.6 Å². The largest absolute Gasteiger partial charge is 0.344 e. The van der Waals surface area contributed by atoms with Gasteiger partial charge in [0.1, 0.15) is 17.3 Å². The van der Waals surface area contributed by atoms with Gasteiger partial charge in [-0.3, -0.25) is 9.36 Å². The molecule has 1 aliphatic heterocycles. The summed E-state index contributed by atoms with van der Waals surface area (Å²) in [5.41, 5.74) is 2.61. The van der Waals surface area contributed by atoms with E-state index < -0.39 is 0 Å². The monoisotopic (exact) mass is 453 g/mol. The van der Waals surface area contributed by atoms with E-state index in [1.54, 1.807) is 16.8 Å². The standard InChI is InChI=1S/C26H27N7O/c27-15-18-13-19-16-29-26(31-24(19)33(25(18)34)22-3-1-2-4-22)30-20-5-6-23-17(14-20)9-12-32(23)21-7-10-28-11-8-21/h5-6,9,12-14,16,21-22,28H,1-4,7-8,10-11H2,(H,29,30,31). The second kappa shape index (κ2) is 8.58. The molecule has 1 saturated heterocycles. The molecule has 4 aromatic rings. The summed E-state index contributed by atoms with van der Waals surface area (Å²) in [7, 11) is 0. The van der Waals surface area contributed by atoms with Gasteiger partial charge in [-0.25, -0.2) is 4.98 Å². The fourth-order valence-corrected chi connectivity index (χ4v) is 5.54. The van der Waals surface area contributed by atoms with Gasteiger partial charge in [0.25, 0.3) is 5.56 Å². The molecule has 2 fully saturated rings. The first-order valence-corrected chi connectivity index (χ1v) is 12.1. The number of rotatable bonds is 4. The highest BCUT2D eigenvalue weighted by atomic mass is 16.1. The lowest BCUT2D eigenvalue weighted by molar-refractivity contribution is 0.376. The lowest BCUT2D eigenvalue weighted by atomic mass is 10.1. The highest BCUT2D eigenvalue weighted by molar-refractivity contribution is 5.85. The Kier molecular flexibility index (Phi) is 5.27. The van der Waals surface area contributed by atoms with E-state index in [4.69, 9.17) is 4.98 Å². The van der Waals surface area contributed by atoms with Crippen molar-refractivity contribution < 1.29 is 0 Å². The summed E-state index contributed by atoms with van der Waals surface area (Å²) in [6.07, 6.45) is 10.2. The Labute approximate surface area is 197 Å². The Bertz CT molecular complexity index is 1470. The zero-order chi connectivity index (χ0) is 23.1. The number of nitrogens with one attached hydrogen (secondary N) is 2. The Morgan fingerprint density at radius 2 is 1.85 bits per heavy atom. The molecule has 34 heavy (non-hydrogen) atoms. The number of piperidine rings is 1. The first kappa shape index (κ1) is 20.9. The van der Waals surface area contributed by atoms with E-state index in [1.165, 1.54) is 10.9 Å². The van der Waals surface area contributed by atoms with E-state index in [1.807, 2.05) is 6.07 Å². The van der Waals surface area contributed by atoms with Gasteiger partial charge in [0.2, 0.25) is 5.95 Å². The average Bonchev–Trinajstić information content (AvgIpc) is 3.54. The Balaban J connectivity index is 1.35. The topological polar surface area (TPSA) is 101 Å². The Hall–Kier alpha value is -3.70. The molecule has 3 aromatic heterocycles. The van der Waals surface area contributed by atoms with Crippen LogP contribution in [-0.2, 0) is 0 Å². The first-order valence-electron chi connectivity index (χ1n) is 12.1. The molecule has 2 N–H and O–H groups in total. The van der Waals surface area contributed by atoms with Crippen LogP contribution < -0.4 is 16.2 Å². The number of benzene rings is 1. The number of nitriles is 1. The van der Waals surface area contributed by atoms with Crippen LogP contribution >= 0.6 is 0 Å². The van der Waals surface area contributed by atoms with Gasteiger partial charge in [-0.1, -0.05) is 12.8 Å². The predicted molar refractivity (Wildman–Crippen MR) is 132 cm³/mol. The molecular weight excluding hydrogens is 426 g/mol. The summed E-state index contributed by atoms with van der Waals surface area (Å²) in [6, 6.07) is 12.7. The Morgan fingerprint density at radius 1 is 1.03 bits per heavy atom. The van der Waals surface area contributed by atoms with Crippen molar-refractivity contribution in [1.82, 2.24) is 24.4 Å². The number of nitrogens with zero attached hydrogens (tertiary/aromatic N) is 5. The smallest absolute Gasteiger partial charge is 0.270 e. The molecule has 8 heteroatoms. The third-order valence-corrected chi connectivity index (χ3v) is 7.26. The fourth-order valence-electron chi connectivity index (χ4n) is 5.54. The molecule has 0 bridgehead atoms. The summed E-state index contributed by atoms with van der Waals surface area (Å²) in [6.45, 7) is 2.12. The van der Waals surface area contributed by atoms with Gasteiger partial charge in [-0.15, -0.1) is 0 Å². The van der Waals surface area contributed by atoms with Crippen molar-refractivity contribution in [2.24, 2.45) is 0 Å². The molecule has 8 nitrogen and oxygen atoms in total.